The van der Waals surface area contributed by atoms with Crippen LogP contribution in [0.4, 0.5) is 4.39 Å². The molecule has 1 aliphatic rings. The van der Waals surface area contributed by atoms with Gasteiger partial charge in [0.1, 0.15) is 5.82 Å². The first-order chi connectivity index (χ1) is 9.08. The largest absolute Gasteiger partial charge is 0.375 e. The van der Waals surface area contributed by atoms with Crippen molar-refractivity contribution >= 4 is 22.6 Å². The third-order valence-electron chi connectivity index (χ3n) is 3.37. The Morgan fingerprint density at radius 1 is 1.37 bits per heavy atom. The number of benzene rings is 1. The average Bonchev–Trinajstić information content (AvgIpc) is 2.34. The van der Waals surface area contributed by atoms with Crippen LogP contribution in [0.2, 0.25) is 0 Å². The second-order valence-corrected chi connectivity index (χ2v) is 6.07. The molecule has 0 amide bonds. The minimum Gasteiger partial charge on any atom is -0.375 e. The van der Waals surface area contributed by atoms with Gasteiger partial charge in [-0.15, -0.1) is 0 Å². The van der Waals surface area contributed by atoms with E-state index < -0.39 is 0 Å². The summed E-state index contributed by atoms with van der Waals surface area (Å²) in [5, 5.41) is 0. The zero-order valence-corrected chi connectivity index (χ0v) is 13.5. The lowest BCUT2D eigenvalue weighted by atomic mass is 10.0. The first kappa shape index (κ1) is 15.2. The summed E-state index contributed by atoms with van der Waals surface area (Å²) in [6.45, 7) is 4.15. The van der Waals surface area contributed by atoms with Gasteiger partial charge < -0.3 is 9.47 Å². The fraction of sp³-hybridized carbons (Fsp3) is 0.600. The van der Waals surface area contributed by atoms with Crippen molar-refractivity contribution in [3.63, 3.8) is 0 Å². The number of alkyl halides is 1. The molecule has 0 radical (unpaired) electrons. The molecule has 3 unspecified atom stereocenters. The molecule has 106 valence electrons. The van der Waals surface area contributed by atoms with E-state index in [9.17, 15) is 4.39 Å². The summed E-state index contributed by atoms with van der Waals surface area (Å²) in [5.41, 5.74) is 0.918. The Morgan fingerprint density at radius 2 is 2.05 bits per heavy atom. The number of halogens is 2. The lowest BCUT2D eigenvalue weighted by Gasteiger charge is -2.34. The van der Waals surface area contributed by atoms with Crippen LogP contribution in [0.5, 0.6) is 0 Å². The minimum atomic E-state index is -0.204. The summed E-state index contributed by atoms with van der Waals surface area (Å²) in [6, 6.07) is 6.70. The molecule has 1 aromatic rings. The molecule has 1 saturated heterocycles. The Labute approximate surface area is 127 Å². The summed E-state index contributed by atoms with van der Waals surface area (Å²) < 4.78 is 26.0. The Hall–Kier alpha value is -0.200. The zero-order chi connectivity index (χ0) is 13.8. The van der Waals surface area contributed by atoms with Gasteiger partial charge in [0.25, 0.3) is 0 Å². The maximum atomic E-state index is 13.3. The number of hydrogen-bond acceptors (Lipinski definition) is 2. The van der Waals surface area contributed by atoms with Gasteiger partial charge in [-0.25, -0.2) is 4.39 Å². The highest BCUT2D eigenvalue weighted by Crippen LogP contribution is 2.29. The fourth-order valence-electron chi connectivity index (χ4n) is 2.60. The third-order valence-corrected chi connectivity index (χ3v) is 4.17. The Bertz CT molecular complexity index is 403. The molecule has 19 heavy (non-hydrogen) atoms. The molecule has 1 aromatic carbocycles. The van der Waals surface area contributed by atoms with Crippen LogP contribution in [0.25, 0.3) is 0 Å². The van der Waals surface area contributed by atoms with Gasteiger partial charge in [0.05, 0.1) is 24.4 Å². The molecule has 0 saturated carbocycles. The van der Waals surface area contributed by atoms with Gasteiger partial charge in [0.15, 0.2) is 0 Å². The monoisotopic (exact) mass is 378 g/mol. The van der Waals surface area contributed by atoms with E-state index in [4.69, 9.17) is 9.47 Å². The van der Waals surface area contributed by atoms with Crippen LogP contribution < -0.4 is 0 Å². The molecule has 3 atom stereocenters. The van der Waals surface area contributed by atoms with Gasteiger partial charge >= 0.3 is 0 Å². The molecule has 4 heteroatoms. The molecule has 1 heterocycles. The Kier molecular flexibility index (Phi) is 5.59. The zero-order valence-electron chi connectivity index (χ0n) is 11.3. The van der Waals surface area contributed by atoms with Crippen LogP contribution in [-0.2, 0) is 9.47 Å². The van der Waals surface area contributed by atoms with Gasteiger partial charge in [-0.2, -0.15) is 0 Å². The molecule has 2 nitrogen and oxygen atoms in total. The minimum absolute atomic E-state index is 0.0428. The summed E-state index contributed by atoms with van der Waals surface area (Å²) in [4.78, 5) is 0. The lowest BCUT2D eigenvalue weighted by Crippen LogP contribution is -2.35. The van der Waals surface area contributed by atoms with Crippen molar-refractivity contribution in [3.8, 4) is 0 Å². The predicted molar refractivity (Wildman–Crippen MR) is 82.1 cm³/mol. The average molecular weight is 378 g/mol. The van der Waals surface area contributed by atoms with E-state index in [1.165, 1.54) is 6.07 Å². The van der Waals surface area contributed by atoms with E-state index in [0.717, 1.165) is 22.8 Å². The van der Waals surface area contributed by atoms with Crippen LogP contribution in [0.15, 0.2) is 24.3 Å². The van der Waals surface area contributed by atoms with E-state index in [-0.39, 0.29) is 30.2 Å². The molecular weight excluding hydrogens is 358 g/mol. The molecule has 0 N–H and O–H groups in total. The highest BCUT2D eigenvalue weighted by molar-refractivity contribution is 14.1. The number of ether oxygens (including phenoxy) is 2. The van der Waals surface area contributed by atoms with Crippen LogP contribution in [0.1, 0.15) is 38.4 Å². The molecule has 2 rings (SSSR count). The third kappa shape index (κ3) is 4.39. The Balaban J connectivity index is 2.02. The van der Waals surface area contributed by atoms with Crippen molar-refractivity contribution in [1.29, 1.82) is 0 Å². The maximum Gasteiger partial charge on any atom is 0.123 e. The van der Waals surface area contributed by atoms with E-state index in [1.54, 1.807) is 12.1 Å². The smallest absolute Gasteiger partial charge is 0.123 e. The molecule has 0 bridgehead atoms. The number of hydrogen-bond donors (Lipinski definition) is 0. The standard InChI is InChI=1S/C15H20FIO2/c1-10-6-14(7-11(2)18-10)19-15(9-17)12-4-3-5-13(16)8-12/h3-5,8,10-11,14-15H,6-7,9H2,1-2H3. The molecule has 0 aliphatic carbocycles. The van der Waals surface area contributed by atoms with Gasteiger partial charge in [-0.1, -0.05) is 34.7 Å². The maximum absolute atomic E-state index is 13.3. The van der Waals surface area contributed by atoms with Gasteiger partial charge in [-0.05, 0) is 44.4 Å². The summed E-state index contributed by atoms with van der Waals surface area (Å²) in [5.74, 6) is -0.204. The molecule has 1 fully saturated rings. The summed E-state index contributed by atoms with van der Waals surface area (Å²) in [6.07, 6.45) is 2.44. The normalized spacial score (nSPS) is 29.2. The summed E-state index contributed by atoms with van der Waals surface area (Å²) >= 11 is 2.29. The molecular formula is C15H20FIO2. The molecule has 0 spiro atoms. The van der Waals surface area contributed by atoms with Gasteiger partial charge in [0.2, 0.25) is 0 Å². The lowest BCUT2D eigenvalue weighted by molar-refractivity contribution is -0.118. The van der Waals surface area contributed by atoms with Gasteiger partial charge in [-0.3, -0.25) is 0 Å². The Morgan fingerprint density at radius 3 is 2.63 bits per heavy atom. The molecule has 0 aromatic heterocycles. The van der Waals surface area contributed by atoms with Crippen molar-refractivity contribution < 1.29 is 13.9 Å². The first-order valence-electron chi connectivity index (χ1n) is 6.71. The van der Waals surface area contributed by atoms with Gasteiger partial charge in [0, 0.05) is 4.43 Å². The number of rotatable bonds is 4. The van der Waals surface area contributed by atoms with Crippen molar-refractivity contribution in [3.05, 3.63) is 35.6 Å². The highest BCUT2D eigenvalue weighted by Gasteiger charge is 2.27. The van der Waals surface area contributed by atoms with Crippen LogP contribution in [0.3, 0.4) is 0 Å². The SMILES string of the molecule is CC1CC(OC(CI)c2cccc(F)c2)CC(C)O1. The quantitative estimate of drug-likeness (QED) is 0.576. The highest BCUT2D eigenvalue weighted by atomic mass is 127. The summed E-state index contributed by atoms with van der Waals surface area (Å²) in [7, 11) is 0. The van der Waals surface area contributed by atoms with Crippen LogP contribution in [0, 0.1) is 5.82 Å². The second kappa shape index (κ2) is 6.99. The van der Waals surface area contributed by atoms with Crippen molar-refractivity contribution in [2.45, 2.75) is 51.1 Å². The first-order valence-corrected chi connectivity index (χ1v) is 8.23. The topological polar surface area (TPSA) is 18.5 Å². The van der Waals surface area contributed by atoms with E-state index in [2.05, 4.69) is 36.4 Å². The van der Waals surface area contributed by atoms with Crippen molar-refractivity contribution in [1.82, 2.24) is 0 Å². The van der Waals surface area contributed by atoms with Crippen LogP contribution in [-0.4, -0.2) is 22.7 Å². The van der Waals surface area contributed by atoms with E-state index in [0.29, 0.717) is 0 Å². The fourth-order valence-corrected chi connectivity index (χ4v) is 3.31. The van der Waals surface area contributed by atoms with Crippen molar-refractivity contribution in [2.75, 3.05) is 4.43 Å². The van der Waals surface area contributed by atoms with Crippen molar-refractivity contribution in [2.24, 2.45) is 0 Å². The van der Waals surface area contributed by atoms with Crippen LogP contribution >= 0.6 is 22.6 Å². The second-order valence-electron chi connectivity index (χ2n) is 5.18. The predicted octanol–water partition coefficient (Wildman–Crippen LogP) is 4.27. The molecule has 1 aliphatic heterocycles. The van der Waals surface area contributed by atoms with E-state index in [1.807, 2.05) is 6.07 Å². The van der Waals surface area contributed by atoms with E-state index >= 15 is 0 Å².